The van der Waals surface area contributed by atoms with E-state index in [0.717, 1.165) is 32.3 Å². The van der Waals surface area contributed by atoms with Gasteiger partial charge in [0.15, 0.2) is 0 Å². The summed E-state index contributed by atoms with van der Waals surface area (Å²) in [6.45, 7) is 1.64. The highest BCUT2D eigenvalue weighted by molar-refractivity contribution is 5.84. The zero-order valence-corrected chi connectivity index (χ0v) is 11.3. The number of rotatable bonds is 2. The summed E-state index contributed by atoms with van der Waals surface area (Å²) in [4.78, 5) is 26.9. The van der Waals surface area contributed by atoms with Gasteiger partial charge in [-0.15, -0.1) is 0 Å². The maximum atomic E-state index is 12.0. The number of nitrogens with zero attached hydrogens (tertiary/aromatic N) is 2. The number of likely N-dealkylation sites (N-methyl/N-ethyl adjacent to an activating group) is 1. The van der Waals surface area contributed by atoms with Gasteiger partial charge in [-0.25, -0.2) is 0 Å². The van der Waals surface area contributed by atoms with Crippen LogP contribution in [0.5, 0.6) is 0 Å². The number of carbonyl (C=O) groups is 2. The predicted molar refractivity (Wildman–Crippen MR) is 67.0 cm³/mol. The Balaban J connectivity index is 1.97. The zero-order chi connectivity index (χ0) is 13.2. The van der Waals surface area contributed by atoms with Gasteiger partial charge in [-0.1, -0.05) is 0 Å². The standard InChI is InChI=1S/C13H22N2O3/c1-14(2)12(17)10-15-8-7-13(5-3-9-18-13)6-4-11(15)16/h3-10H2,1-2H3/t13-/m1/s1. The van der Waals surface area contributed by atoms with Gasteiger partial charge in [-0.3, -0.25) is 9.59 Å². The lowest BCUT2D eigenvalue weighted by molar-refractivity contribution is -0.138. The molecule has 2 fully saturated rings. The molecule has 102 valence electrons. The molecular weight excluding hydrogens is 232 g/mol. The summed E-state index contributed by atoms with van der Waals surface area (Å²) in [6.07, 6.45) is 4.30. The first kappa shape index (κ1) is 13.3. The summed E-state index contributed by atoms with van der Waals surface area (Å²) in [7, 11) is 3.43. The van der Waals surface area contributed by atoms with Crippen LogP contribution in [0.4, 0.5) is 0 Å². The molecule has 1 spiro atoms. The summed E-state index contributed by atoms with van der Waals surface area (Å²) >= 11 is 0. The molecule has 0 aliphatic carbocycles. The minimum Gasteiger partial charge on any atom is -0.375 e. The first-order valence-electron chi connectivity index (χ1n) is 6.64. The monoisotopic (exact) mass is 254 g/mol. The zero-order valence-electron chi connectivity index (χ0n) is 11.3. The quantitative estimate of drug-likeness (QED) is 0.726. The van der Waals surface area contributed by atoms with Crippen molar-refractivity contribution in [2.24, 2.45) is 0 Å². The molecule has 0 saturated carbocycles. The van der Waals surface area contributed by atoms with Crippen LogP contribution in [0, 0.1) is 0 Å². The summed E-state index contributed by atoms with van der Waals surface area (Å²) in [6, 6.07) is 0. The van der Waals surface area contributed by atoms with E-state index < -0.39 is 0 Å². The van der Waals surface area contributed by atoms with Gasteiger partial charge in [0.05, 0.1) is 12.1 Å². The molecule has 0 unspecified atom stereocenters. The molecule has 2 aliphatic rings. The Morgan fingerprint density at radius 2 is 2.17 bits per heavy atom. The highest BCUT2D eigenvalue weighted by Crippen LogP contribution is 2.35. The predicted octanol–water partition coefficient (Wildman–Crippen LogP) is 0.636. The van der Waals surface area contributed by atoms with Crippen molar-refractivity contribution >= 4 is 11.8 Å². The lowest BCUT2D eigenvalue weighted by Crippen LogP contribution is -2.40. The van der Waals surface area contributed by atoms with E-state index in [1.54, 1.807) is 19.0 Å². The highest BCUT2D eigenvalue weighted by atomic mass is 16.5. The lowest BCUT2D eigenvalue weighted by atomic mass is 9.92. The van der Waals surface area contributed by atoms with E-state index in [1.165, 1.54) is 4.90 Å². The van der Waals surface area contributed by atoms with Crippen LogP contribution in [0.3, 0.4) is 0 Å². The molecular formula is C13H22N2O3. The minimum absolute atomic E-state index is 0.0216. The summed E-state index contributed by atoms with van der Waals surface area (Å²) < 4.78 is 5.84. The largest absolute Gasteiger partial charge is 0.375 e. The third-order valence-corrected chi connectivity index (χ3v) is 3.99. The maximum absolute atomic E-state index is 12.0. The highest BCUT2D eigenvalue weighted by Gasteiger charge is 2.38. The summed E-state index contributed by atoms with van der Waals surface area (Å²) in [5.74, 6) is 0.0595. The molecule has 2 heterocycles. The minimum atomic E-state index is -0.0917. The Hall–Kier alpha value is -1.10. The van der Waals surface area contributed by atoms with Crippen LogP contribution in [-0.2, 0) is 14.3 Å². The Kier molecular flexibility index (Phi) is 3.90. The molecule has 1 atom stereocenters. The summed E-state index contributed by atoms with van der Waals surface area (Å²) in [5.41, 5.74) is -0.0917. The van der Waals surface area contributed by atoms with Gasteiger partial charge in [0, 0.05) is 33.7 Å². The summed E-state index contributed by atoms with van der Waals surface area (Å²) in [5, 5.41) is 0. The van der Waals surface area contributed by atoms with Gasteiger partial charge in [0.2, 0.25) is 11.8 Å². The van der Waals surface area contributed by atoms with Crippen LogP contribution in [0.1, 0.15) is 32.1 Å². The third kappa shape index (κ3) is 2.83. The molecule has 2 saturated heterocycles. The average molecular weight is 254 g/mol. The average Bonchev–Trinajstić information content (AvgIpc) is 2.74. The molecule has 0 aromatic rings. The molecule has 0 aromatic heterocycles. The van der Waals surface area contributed by atoms with E-state index in [9.17, 15) is 9.59 Å². The molecule has 0 aromatic carbocycles. The molecule has 18 heavy (non-hydrogen) atoms. The molecule has 0 radical (unpaired) electrons. The first-order chi connectivity index (χ1) is 8.52. The van der Waals surface area contributed by atoms with Gasteiger partial charge in [0.25, 0.3) is 0 Å². The number of ether oxygens (including phenoxy) is 1. The number of amides is 2. The number of carbonyl (C=O) groups excluding carboxylic acids is 2. The van der Waals surface area contributed by atoms with Gasteiger partial charge in [-0.2, -0.15) is 0 Å². The van der Waals surface area contributed by atoms with Crippen molar-refractivity contribution in [2.45, 2.75) is 37.7 Å². The molecule has 2 amide bonds. The van der Waals surface area contributed by atoms with Crippen molar-refractivity contribution in [3.05, 3.63) is 0 Å². The molecule has 0 N–H and O–H groups in total. The lowest BCUT2D eigenvalue weighted by Gasteiger charge is -2.27. The fourth-order valence-electron chi connectivity index (χ4n) is 2.70. The fraction of sp³-hybridized carbons (Fsp3) is 0.846. The fourth-order valence-corrected chi connectivity index (χ4v) is 2.70. The van der Waals surface area contributed by atoms with Crippen molar-refractivity contribution in [3.63, 3.8) is 0 Å². The van der Waals surface area contributed by atoms with E-state index >= 15 is 0 Å². The topological polar surface area (TPSA) is 49.9 Å². The maximum Gasteiger partial charge on any atom is 0.241 e. The van der Waals surface area contributed by atoms with Crippen LogP contribution < -0.4 is 0 Å². The molecule has 2 rings (SSSR count). The molecule has 5 nitrogen and oxygen atoms in total. The van der Waals surface area contributed by atoms with Crippen LogP contribution in [-0.4, -0.2) is 61.0 Å². The second kappa shape index (κ2) is 5.26. The van der Waals surface area contributed by atoms with E-state index in [2.05, 4.69) is 0 Å². The van der Waals surface area contributed by atoms with Gasteiger partial charge >= 0.3 is 0 Å². The molecule has 5 heteroatoms. The first-order valence-corrected chi connectivity index (χ1v) is 6.64. The second-order valence-electron chi connectivity index (χ2n) is 5.49. The number of hydrogen-bond donors (Lipinski definition) is 0. The normalized spacial score (nSPS) is 28.6. The van der Waals surface area contributed by atoms with Gasteiger partial charge in [0.1, 0.15) is 0 Å². The van der Waals surface area contributed by atoms with E-state index in [0.29, 0.717) is 13.0 Å². The van der Waals surface area contributed by atoms with E-state index in [-0.39, 0.29) is 24.0 Å². The molecule has 2 aliphatic heterocycles. The van der Waals surface area contributed by atoms with Crippen LogP contribution in [0.2, 0.25) is 0 Å². The van der Waals surface area contributed by atoms with E-state index in [1.807, 2.05) is 0 Å². The number of likely N-dealkylation sites (tertiary alicyclic amines) is 1. The van der Waals surface area contributed by atoms with E-state index in [4.69, 9.17) is 4.74 Å². The Labute approximate surface area is 108 Å². The SMILES string of the molecule is CN(C)C(=O)CN1CC[C@@]2(CCCO2)CCC1=O. The Bertz CT molecular complexity index is 335. The van der Waals surface area contributed by atoms with Gasteiger partial charge < -0.3 is 14.5 Å². The van der Waals surface area contributed by atoms with Crippen LogP contribution in [0.25, 0.3) is 0 Å². The third-order valence-electron chi connectivity index (χ3n) is 3.99. The second-order valence-corrected chi connectivity index (χ2v) is 5.49. The molecule has 0 bridgehead atoms. The van der Waals surface area contributed by atoms with Crippen molar-refractivity contribution < 1.29 is 14.3 Å². The van der Waals surface area contributed by atoms with Crippen molar-refractivity contribution in [1.82, 2.24) is 9.80 Å². The smallest absolute Gasteiger partial charge is 0.241 e. The van der Waals surface area contributed by atoms with Crippen LogP contribution >= 0.6 is 0 Å². The van der Waals surface area contributed by atoms with Crippen molar-refractivity contribution in [1.29, 1.82) is 0 Å². The number of hydrogen-bond acceptors (Lipinski definition) is 3. The Morgan fingerprint density at radius 3 is 2.78 bits per heavy atom. The Morgan fingerprint density at radius 1 is 1.39 bits per heavy atom. The van der Waals surface area contributed by atoms with Crippen LogP contribution in [0.15, 0.2) is 0 Å². The van der Waals surface area contributed by atoms with Gasteiger partial charge in [-0.05, 0) is 25.7 Å². The van der Waals surface area contributed by atoms with Crippen molar-refractivity contribution in [2.75, 3.05) is 33.8 Å². The van der Waals surface area contributed by atoms with Crippen molar-refractivity contribution in [3.8, 4) is 0 Å².